The fourth-order valence-electron chi connectivity index (χ4n) is 2.78. The van der Waals surface area contributed by atoms with E-state index in [0.29, 0.717) is 12.6 Å². The van der Waals surface area contributed by atoms with Crippen LogP contribution in [-0.4, -0.2) is 19.8 Å². The average molecular weight is 263 g/mol. The topological polar surface area (TPSA) is 30.5 Å². The Balaban J connectivity index is 2.09. The molecule has 1 fully saturated rings. The molecule has 0 bridgehead atoms. The molecule has 3 nitrogen and oxygen atoms in total. The molecule has 1 saturated carbocycles. The largest absolute Gasteiger partial charge is 0.493 e. The van der Waals surface area contributed by atoms with E-state index < -0.39 is 0 Å². The first kappa shape index (κ1) is 14.0. The molecule has 2 unspecified atom stereocenters. The first-order chi connectivity index (χ1) is 9.24. The summed E-state index contributed by atoms with van der Waals surface area (Å²) in [5.41, 5.74) is 1.13. The zero-order valence-corrected chi connectivity index (χ0v) is 12.2. The van der Waals surface area contributed by atoms with Gasteiger partial charge in [0.05, 0.1) is 13.7 Å². The monoisotopic (exact) mass is 263 g/mol. The van der Waals surface area contributed by atoms with Crippen LogP contribution in [-0.2, 0) is 0 Å². The van der Waals surface area contributed by atoms with Crippen molar-refractivity contribution in [2.75, 3.05) is 19.0 Å². The van der Waals surface area contributed by atoms with Crippen molar-refractivity contribution in [3.05, 3.63) is 18.2 Å². The highest BCUT2D eigenvalue weighted by Crippen LogP contribution is 2.32. The molecule has 1 N–H and O–H groups in total. The van der Waals surface area contributed by atoms with Crippen molar-refractivity contribution in [3.63, 3.8) is 0 Å². The Hall–Kier alpha value is -1.38. The molecule has 0 aromatic heterocycles. The highest BCUT2D eigenvalue weighted by molar-refractivity contribution is 5.55. The molecular weight excluding hydrogens is 238 g/mol. The van der Waals surface area contributed by atoms with Gasteiger partial charge in [-0.25, -0.2) is 0 Å². The van der Waals surface area contributed by atoms with Crippen LogP contribution in [0, 0.1) is 5.92 Å². The number of nitrogens with one attached hydrogen (secondary N) is 1. The van der Waals surface area contributed by atoms with E-state index in [1.165, 1.54) is 25.7 Å². The normalized spacial score (nSPS) is 22.9. The molecule has 3 heteroatoms. The first-order valence-electron chi connectivity index (χ1n) is 7.32. The van der Waals surface area contributed by atoms with E-state index in [9.17, 15) is 0 Å². The lowest BCUT2D eigenvalue weighted by molar-refractivity contribution is 0.311. The van der Waals surface area contributed by atoms with Crippen LogP contribution in [0.25, 0.3) is 0 Å². The molecule has 2 rings (SSSR count). The van der Waals surface area contributed by atoms with Crippen LogP contribution in [0.2, 0.25) is 0 Å². The minimum atomic E-state index is 0.580. The Kier molecular flexibility index (Phi) is 4.94. The SMILES string of the molecule is CCOc1cc(NC2CCCCC2C)ccc1OC. The minimum absolute atomic E-state index is 0.580. The van der Waals surface area contributed by atoms with E-state index in [1.54, 1.807) is 7.11 Å². The van der Waals surface area contributed by atoms with Crippen LogP contribution in [0.3, 0.4) is 0 Å². The van der Waals surface area contributed by atoms with Gasteiger partial charge < -0.3 is 14.8 Å². The summed E-state index contributed by atoms with van der Waals surface area (Å²) in [6, 6.07) is 6.67. The van der Waals surface area contributed by atoms with Gasteiger partial charge in [0.25, 0.3) is 0 Å². The smallest absolute Gasteiger partial charge is 0.163 e. The maximum Gasteiger partial charge on any atom is 0.163 e. The van der Waals surface area contributed by atoms with Crippen molar-refractivity contribution in [3.8, 4) is 11.5 Å². The van der Waals surface area contributed by atoms with E-state index in [-0.39, 0.29) is 0 Å². The van der Waals surface area contributed by atoms with Crippen LogP contribution in [0.5, 0.6) is 11.5 Å². The third kappa shape index (κ3) is 3.55. The van der Waals surface area contributed by atoms with E-state index in [2.05, 4.69) is 18.3 Å². The molecular formula is C16H25NO2. The van der Waals surface area contributed by atoms with Gasteiger partial charge in [0.15, 0.2) is 11.5 Å². The number of anilines is 1. The zero-order chi connectivity index (χ0) is 13.7. The van der Waals surface area contributed by atoms with E-state index >= 15 is 0 Å². The maximum absolute atomic E-state index is 5.62. The van der Waals surface area contributed by atoms with Gasteiger partial charge in [0.2, 0.25) is 0 Å². The number of rotatable bonds is 5. The summed E-state index contributed by atoms with van der Waals surface area (Å²) in [6.07, 6.45) is 5.28. The fraction of sp³-hybridized carbons (Fsp3) is 0.625. The van der Waals surface area contributed by atoms with Crippen LogP contribution < -0.4 is 14.8 Å². The molecule has 0 heterocycles. The molecule has 106 valence electrons. The van der Waals surface area contributed by atoms with Gasteiger partial charge in [-0.1, -0.05) is 19.8 Å². The van der Waals surface area contributed by atoms with Gasteiger partial charge in [0.1, 0.15) is 0 Å². The second-order valence-electron chi connectivity index (χ2n) is 5.31. The molecule has 2 atom stereocenters. The van der Waals surface area contributed by atoms with Gasteiger partial charge in [-0.2, -0.15) is 0 Å². The Morgan fingerprint density at radius 2 is 2.00 bits per heavy atom. The number of hydrogen-bond acceptors (Lipinski definition) is 3. The lowest BCUT2D eigenvalue weighted by Gasteiger charge is -2.30. The Morgan fingerprint density at radius 1 is 1.21 bits per heavy atom. The summed E-state index contributed by atoms with van der Waals surface area (Å²) in [6.45, 7) is 4.98. The summed E-state index contributed by atoms with van der Waals surface area (Å²) < 4.78 is 10.9. The summed E-state index contributed by atoms with van der Waals surface area (Å²) in [5, 5.41) is 3.65. The van der Waals surface area contributed by atoms with Crippen molar-refractivity contribution in [2.24, 2.45) is 5.92 Å². The van der Waals surface area contributed by atoms with Crippen molar-refractivity contribution < 1.29 is 9.47 Å². The van der Waals surface area contributed by atoms with Gasteiger partial charge in [-0.15, -0.1) is 0 Å². The van der Waals surface area contributed by atoms with Crippen molar-refractivity contribution >= 4 is 5.69 Å². The summed E-state index contributed by atoms with van der Waals surface area (Å²) in [4.78, 5) is 0. The predicted octanol–water partition coefficient (Wildman–Crippen LogP) is 4.08. The highest BCUT2D eigenvalue weighted by Gasteiger charge is 2.21. The third-order valence-electron chi connectivity index (χ3n) is 3.93. The molecule has 19 heavy (non-hydrogen) atoms. The summed E-state index contributed by atoms with van der Waals surface area (Å²) >= 11 is 0. The van der Waals surface area contributed by atoms with Gasteiger partial charge in [-0.3, -0.25) is 0 Å². The van der Waals surface area contributed by atoms with Crippen LogP contribution in [0.4, 0.5) is 5.69 Å². The highest BCUT2D eigenvalue weighted by atomic mass is 16.5. The Bertz CT molecular complexity index is 406. The van der Waals surface area contributed by atoms with Crippen molar-refractivity contribution in [1.29, 1.82) is 0 Å². The molecule has 0 spiro atoms. The standard InChI is InChI=1S/C16H25NO2/c1-4-19-16-11-13(9-10-15(16)18-3)17-14-8-6-5-7-12(14)2/h9-12,14,17H,4-8H2,1-3H3. The van der Waals surface area contributed by atoms with E-state index in [4.69, 9.17) is 9.47 Å². The van der Waals surface area contributed by atoms with E-state index in [1.807, 2.05) is 19.1 Å². The second kappa shape index (κ2) is 6.69. The molecule has 1 aliphatic rings. The molecule has 1 aromatic carbocycles. The molecule has 1 aliphatic carbocycles. The molecule has 0 saturated heterocycles. The second-order valence-corrected chi connectivity index (χ2v) is 5.31. The lowest BCUT2D eigenvalue weighted by atomic mass is 9.86. The molecule has 1 aromatic rings. The van der Waals surface area contributed by atoms with Crippen LogP contribution >= 0.6 is 0 Å². The van der Waals surface area contributed by atoms with E-state index in [0.717, 1.165) is 23.1 Å². The third-order valence-corrected chi connectivity index (χ3v) is 3.93. The van der Waals surface area contributed by atoms with Crippen LogP contribution in [0.15, 0.2) is 18.2 Å². The molecule has 0 radical (unpaired) electrons. The van der Waals surface area contributed by atoms with Crippen molar-refractivity contribution in [1.82, 2.24) is 0 Å². The Labute approximate surface area is 116 Å². The van der Waals surface area contributed by atoms with Crippen LogP contribution in [0.1, 0.15) is 39.5 Å². The Morgan fingerprint density at radius 3 is 2.68 bits per heavy atom. The maximum atomic E-state index is 5.62. The molecule has 0 aliphatic heterocycles. The van der Waals surface area contributed by atoms with Gasteiger partial charge >= 0.3 is 0 Å². The number of hydrogen-bond donors (Lipinski definition) is 1. The number of methoxy groups -OCH3 is 1. The lowest BCUT2D eigenvalue weighted by Crippen LogP contribution is -2.30. The quantitative estimate of drug-likeness (QED) is 0.868. The zero-order valence-electron chi connectivity index (χ0n) is 12.2. The first-order valence-corrected chi connectivity index (χ1v) is 7.32. The fourth-order valence-corrected chi connectivity index (χ4v) is 2.78. The van der Waals surface area contributed by atoms with Crippen molar-refractivity contribution in [2.45, 2.75) is 45.6 Å². The average Bonchev–Trinajstić information content (AvgIpc) is 2.42. The van der Waals surface area contributed by atoms with Gasteiger partial charge in [0, 0.05) is 17.8 Å². The summed E-state index contributed by atoms with van der Waals surface area (Å²) in [7, 11) is 1.67. The molecule has 0 amide bonds. The minimum Gasteiger partial charge on any atom is -0.493 e. The summed E-state index contributed by atoms with van der Waals surface area (Å²) in [5.74, 6) is 2.36. The van der Waals surface area contributed by atoms with Gasteiger partial charge in [-0.05, 0) is 37.8 Å². The number of benzene rings is 1. The number of ether oxygens (including phenoxy) is 2. The predicted molar refractivity (Wildman–Crippen MR) is 79.2 cm³/mol.